The second-order valence-corrected chi connectivity index (χ2v) is 6.39. The molecule has 2 saturated carbocycles. The van der Waals surface area contributed by atoms with E-state index in [2.05, 4.69) is 48.5 Å². The maximum absolute atomic E-state index is 3.59. The van der Waals surface area contributed by atoms with Crippen molar-refractivity contribution in [2.75, 3.05) is 13.6 Å². The van der Waals surface area contributed by atoms with Gasteiger partial charge in [-0.05, 0) is 56.7 Å². The minimum absolute atomic E-state index is 0.637. The van der Waals surface area contributed by atoms with Crippen LogP contribution in [0.4, 0.5) is 0 Å². The monoisotopic (exact) mass is 258 g/mol. The summed E-state index contributed by atoms with van der Waals surface area (Å²) in [5.74, 6) is 0.870. The number of benzene rings is 1. The Hall–Kier alpha value is -0.860. The van der Waals surface area contributed by atoms with E-state index in [4.69, 9.17) is 0 Å². The molecular weight excluding hydrogens is 232 g/mol. The highest BCUT2D eigenvalue weighted by Gasteiger charge is 2.28. The molecule has 0 amide bonds. The summed E-state index contributed by atoms with van der Waals surface area (Å²) < 4.78 is 0. The van der Waals surface area contributed by atoms with Crippen LogP contribution >= 0.6 is 0 Å². The molecule has 1 atom stereocenters. The zero-order valence-electron chi connectivity index (χ0n) is 12.2. The average Bonchev–Trinajstić information content (AvgIpc) is 3.31. The summed E-state index contributed by atoms with van der Waals surface area (Å²) in [7, 11) is 2.26. The van der Waals surface area contributed by atoms with Gasteiger partial charge in [-0.1, -0.05) is 24.3 Å². The van der Waals surface area contributed by atoms with Gasteiger partial charge < -0.3 is 5.32 Å². The number of hydrogen-bond acceptors (Lipinski definition) is 2. The summed E-state index contributed by atoms with van der Waals surface area (Å²) in [4.78, 5) is 2.52. The van der Waals surface area contributed by atoms with Crippen molar-refractivity contribution in [1.29, 1.82) is 0 Å². The molecule has 1 aromatic carbocycles. The highest BCUT2D eigenvalue weighted by Crippen LogP contribution is 2.39. The van der Waals surface area contributed by atoms with Crippen LogP contribution in [0.1, 0.15) is 49.7 Å². The van der Waals surface area contributed by atoms with Crippen LogP contribution in [0.3, 0.4) is 0 Å². The van der Waals surface area contributed by atoms with E-state index in [0.717, 1.165) is 25.0 Å². The van der Waals surface area contributed by atoms with Crippen LogP contribution in [0.25, 0.3) is 0 Å². The molecule has 1 unspecified atom stereocenters. The van der Waals surface area contributed by atoms with Gasteiger partial charge in [-0.3, -0.25) is 4.90 Å². The molecule has 2 nitrogen and oxygen atoms in total. The first kappa shape index (κ1) is 13.1. The molecule has 0 aliphatic heterocycles. The van der Waals surface area contributed by atoms with Crippen LogP contribution in [0, 0.1) is 0 Å². The van der Waals surface area contributed by atoms with Crippen molar-refractivity contribution in [3.8, 4) is 0 Å². The van der Waals surface area contributed by atoms with E-state index in [0.29, 0.717) is 6.04 Å². The van der Waals surface area contributed by atoms with Gasteiger partial charge >= 0.3 is 0 Å². The highest BCUT2D eigenvalue weighted by atomic mass is 15.2. The molecule has 0 bridgehead atoms. The van der Waals surface area contributed by atoms with Gasteiger partial charge in [0.1, 0.15) is 0 Å². The molecule has 2 aliphatic carbocycles. The van der Waals surface area contributed by atoms with Crippen LogP contribution in [0.5, 0.6) is 0 Å². The normalized spacial score (nSPS) is 20.8. The largest absolute Gasteiger partial charge is 0.311 e. The summed E-state index contributed by atoms with van der Waals surface area (Å²) in [6.07, 6.45) is 5.57. The smallest absolute Gasteiger partial charge is 0.0206 e. The fourth-order valence-electron chi connectivity index (χ4n) is 2.74. The summed E-state index contributed by atoms with van der Waals surface area (Å²) in [5.41, 5.74) is 2.94. The molecule has 2 fully saturated rings. The second-order valence-electron chi connectivity index (χ2n) is 6.39. The Labute approximate surface area is 117 Å². The molecule has 2 aliphatic rings. The number of likely N-dealkylation sites (N-methyl/N-ethyl adjacent to an activating group) is 1. The summed E-state index contributed by atoms with van der Waals surface area (Å²) in [5, 5.41) is 3.59. The first-order valence-corrected chi connectivity index (χ1v) is 7.75. The fraction of sp³-hybridized carbons (Fsp3) is 0.647. The van der Waals surface area contributed by atoms with E-state index < -0.39 is 0 Å². The lowest BCUT2D eigenvalue weighted by atomic mass is 10.1. The second kappa shape index (κ2) is 5.64. The maximum Gasteiger partial charge on any atom is 0.0206 e. The van der Waals surface area contributed by atoms with Gasteiger partial charge in [0, 0.05) is 25.2 Å². The topological polar surface area (TPSA) is 15.3 Å². The third kappa shape index (κ3) is 3.58. The van der Waals surface area contributed by atoms with Gasteiger partial charge in [-0.15, -0.1) is 0 Å². The van der Waals surface area contributed by atoms with Gasteiger partial charge in [-0.25, -0.2) is 0 Å². The van der Waals surface area contributed by atoms with E-state index in [1.807, 2.05) is 0 Å². The first-order valence-electron chi connectivity index (χ1n) is 7.75. The van der Waals surface area contributed by atoms with E-state index in [-0.39, 0.29) is 0 Å². The fourth-order valence-corrected chi connectivity index (χ4v) is 2.74. The van der Waals surface area contributed by atoms with E-state index in [1.165, 1.54) is 36.8 Å². The van der Waals surface area contributed by atoms with Crippen molar-refractivity contribution in [3.05, 3.63) is 35.4 Å². The molecule has 0 radical (unpaired) electrons. The van der Waals surface area contributed by atoms with Gasteiger partial charge in [0.05, 0.1) is 0 Å². The third-order valence-electron chi connectivity index (χ3n) is 4.62. The SMILES string of the molecule is CC(CNCc1ccc(C2CC2)cc1)N(C)C1CC1. The summed E-state index contributed by atoms with van der Waals surface area (Å²) in [6.45, 7) is 4.40. The van der Waals surface area contributed by atoms with Crippen LogP contribution in [-0.2, 0) is 6.54 Å². The molecule has 0 heterocycles. The van der Waals surface area contributed by atoms with Crippen molar-refractivity contribution >= 4 is 0 Å². The van der Waals surface area contributed by atoms with Crippen LogP contribution in [-0.4, -0.2) is 30.6 Å². The van der Waals surface area contributed by atoms with E-state index in [9.17, 15) is 0 Å². The predicted octanol–water partition coefficient (Wildman–Crippen LogP) is 3.14. The molecule has 2 heteroatoms. The lowest BCUT2D eigenvalue weighted by Gasteiger charge is -2.24. The number of nitrogens with zero attached hydrogens (tertiary/aromatic N) is 1. The lowest BCUT2D eigenvalue weighted by molar-refractivity contribution is 0.241. The predicted molar refractivity (Wildman–Crippen MR) is 80.4 cm³/mol. The summed E-state index contributed by atoms with van der Waals surface area (Å²) in [6, 6.07) is 10.7. The Morgan fingerprint density at radius 3 is 2.42 bits per heavy atom. The van der Waals surface area contributed by atoms with Crippen LogP contribution in [0.2, 0.25) is 0 Å². The summed E-state index contributed by atoms with van der Waals surface area (Å²) >= 11 is 0. The molecule has 104 valence electrons. The Kier molecular flexibility index (Phi) is 3.90. The molecule has 0 aromatic heterocycles. The minimum atomic E-state index is 0.637. The standard InChI is InChI=1S/C17H26N2/c1-13(19(2)17-9-10-17)11-18-12-14-3-5-15(6-4-14)16-7-8-16/h3-6,13,16-18H,7-12H2,1-2H3. The Morgan fingerprint density at radius 1 is 1.16 bits per heavy atom. The van der Waals surface area contributed by atoms with Gasteiger partial charge in [0.25, 0.3) is 0 Å². The van der Waals surface area contributed by atoms with Crippen molar-refractivity contribution in [2.45, 2.75) is 57.2 Å². The molecule has 1 aromatic rings. The van der Waals surface area contributed by atoms with E-state index >= 15 is 0 Å². The van der Waals surface area contributed by atoms with Crippen LogP contribution < -0.4 is 5.32 Å². The molecule has 0 saturated heterocycles. The molecule has 1 N–H and O–H groups in total. The minimum Gasteiger partial charge on any atom is -0.311 e. The zero-order chi connectivity index (χ0) is 13.2. The molecule has 3 rings (SSSR count). The van der Waals surface area contributed by atoms with Crippen molar-refractivity contribution < 1.29 is 0 Å². The van der Waals surface area contributed by atoms with E-state index in [1.54, 1.807) is 0 Å². The number of rotatable bonds is 7. The maximum atomic E-state index is 3.59. The van der Waals surface area contributed by atoms with Gasteiger partial charge in [0.15, 0.2) is 0 Å². The zero-order valence-corrected chi connectivity index (χ0v) is 12.2. The Morgan fingerprint density at radius 2 is 1.84 bits per heavy atom. The van der Waals surface area contributed by atoms with Crippen molar-refractivity contribution in [1.82, 2.24) is 10.2 Å². The molecule has 19 heavy (non-hydrogen) atoms. The van der Waals surface area contributed by atoms with Crippen LogP contribution in [0.15, 0.2) is 24.3 Å². The Bertz CT molecular complexity index is 404. The highest BCUT2D eigenvalue weighted by molar-refractivity contribution is 5.27. The third-order valence-corrected chi connectivity index (χ3v) is 4.62. The van der Waals surface area contributed by atoms with Gasteiger partial charge in [-0.2, -0.15) is 0 Å². The average molecular weight is 258 g/mol. The lowest BCUT2D eigenvalue weighted by Crippen LogP contribution is -2.38. The van der Waals surface area contributed by atoms with Crippen molar-refractivity contribution in [3.63, 3.8) is 0 Å². The quantitative estimate of drug-likeness (QED) is 0.808. The van der Waals surface area contributed by atoms with Crippen molar-refractivity contribution in [2.24, 2.45) is 0 Å². The number of hydrogen-bond donors (Lipinski definition) is 1. The molecular formula is C17H26N2. The van der Waals surface area contributed by atoms with Gasteiger partial charge in [0.2, 0.25) is 0 Å². The Balaban J connectivity index is 1.41. The first-order chi connectivity index (χ1) is 9.24. The molecule has 0 spiro atoms. The number of nitrogens with one attached hydrogen (secondary N) is 1.